The molecule has 0 spiro atoms. The molecule has 1 atom stereocenters. The van der Waals surface area contributed by atoms with E-state index >= 15 is 0 Å². The Morgan fingerprint density at radius 2 is 1.76 bits per heavy atom. The molecule has 2 heterocycles. The molecule has 0 aromatic heterocycles. The van der Waals surface area contributed by atoms with E-state index in [-0.39, 0.29) is 22.6 Å². The van der Waals surface area contributed by atoms with Crippen LogP contribution in [0.5, 0.6) is 0 Å². The number of rotatable bonds is 8. The van der Waals surface area contributed by atoms with Crippen LogP contribution in [0.25, 0.3) is 0 Å². The normalized spacial score (nSPS) is 19.6. The Morgan fingerprint density at radius 1 is 1.09 bits per heavy atom. The highest BCUT2D eigenvalue weighted by Gasteiger charge is 2.32. The molecule has 2 aliphatic heterocycles. The molecule has 34 heavy (non-hydrogen) atoms. The zero-order valence-electron chi connectivity index (χ0n) is 19.7. The number of sulfonamides is 1. The molecule has 8 nitrogen and oxygen atoms in total. The van der Waals surface area contributed by atoms with Gasteiger partial charge in [-0.3, -0.25) is 19.4 Å². The average molecular weight is 485 g/mol. The number of benzene rings is 2. The van der Waals surface area contributed by atoms with Crippen molar-refractivity contribution in [1.82, 2.24) is 14.9 Å². The molecule has 0 bridgehead atoms. The molecule has 0 aliphatic carbocycles. The number of nitrogens with zero attached hydrogens (tertiary/aromatic N) is 2. The van der Waals surface area contributed by atoms with Gasteiger partial charge in [0.15, 0.2) is 0 Å². The van der Waals surface area contributed by atoms with Crippen molar-refractivity contribution < 1.29 is 17.9 Å². The van der Waals surface area contributed by atoms with Gasteiger partial charge in [0.05, 0.1) is 18.1 Å². The number of nitrogens with one attached hydrogen (secondary N) is 2. The lowest BCUT2D eigenvalue weighted by molar-refractivity contribution is -0.122. The maximum absolute atomic E-state index is 13.2. The van der Waals surface area contributed by atoms with Gasteiger partial charge in [0, 0.05) is 31.7 Å². The molecule has 2 aromatic carbocycles. The quantitative estimate of drug-likeness (QED) is 0.599. The minimum atomic E-state index is -3.66. The third-order valence-corrected chi connectivity index (χ3v) is 7.41. The van der Waals surface area contributed by atoms with Crippen LogP contribution in [0.15, 0.2) is 58.4 Å². The monoisotopic (exact) mass is 484 g/mol. The number of hydrogen-bond donors (Lipinski definition) is 2. The van der Waals surface area contributed by atoms with Gasteiger partial charge >= 0.3 is 0 Å². The zero-order chi connectivity index (χ0) is 24.1. The van der Waals surface area contributed by atoms with E-state index in [0.717, 1.165) is 38.4 Å². The van der Waals surface area contributed by atoms with Gasteiger partial charge in [-0.25, -0.2) is 8.42 Å². The Labute approximate surface area is 201 Å². The number of amides is 1. The Hall–Kier alpha value is -2.75. The predicted octanol–water partition coefficient (Wildman–Crippen LogP) is 2.29. The van der Waals surface area contributed by atoms with Gasteiger partial charge in [-0.2, -0.15) is 0 Å². The summed E-state index contributed by atoms with van der Waals surface area (Å²) in [6.07, 6.45) is 0.509. The SMILES string of the molecule is CC(C)CC(N=C1NS(=O)(=O)c2ccccc21)C(=O)NCc1ccccc1CN1CCOCC1. The number of aliphatic imine (C=N–C) groups is 1. The molecule has 1 unspecified atom stereocenters. The summed E-state index contributed by atoms with van der Waals surface area (Å²) in [5.41, 5.74) is 2.74. The highest BCUT2D eigenvalue weighted by Crippen LogP contribution is 2.23. The molecule has 9 heteroatoms. The van der Waals surface area contributed by atoms with E-state index in [9.17, 15) is 13.2 Å². The van der Waals surface area contributed by atoms with Crippen LogP contribution in [0.4, 0.5) is 0 Å². The van der Waals surface area contributed by atoms with Crippen molar-refractivity contribution >= 4 is 21.8 Å². The number of morpholine rings is 1. The first-order valence-corrected chi connectivity index (χ1v) is 13.2. The second-order valence-corrected chi connectivity index (χ2v) is 10.8. The Balaban J connectivity index is 1.49. The van der Waals surface area contributed by atoms with Gasteiger partial charge in [-0.1, -0.05) is 50.2 Å². The third-order valence-electron chi connectivity index (χ3n) is 6.01. The number of carbonyl (C=O) groups is 1. The molecule has 0 radical (unpaired) electrons. The maximum Gasteiger partial charge on any atom is 0.263 e. The van der Waals surface area contributed by atoms with Crippen LogP contribution in [-0.2, 0) is 32.6 Å². The molecule has 2 N–H and O–H groups in total. The summed E-state index contributed by atoms with van der Waals surface area (Å²) in [6, 6.07) is 14.1. The molecule has 0 saturated carbocycles. The summed E-state index contributed by atoms with van der Waals surface area (Å²) >= 11 is 0. The minimum absolute atomic E-state index is 0.189. The Morgan fingerprint density at radius 3 is 2.50 bits per heavy atom. The van der Waals surface area contributed by atoms with Crippen molar-refractivity contribution in [3.8, 4) is 0 Å². The molecule has 1 saturated heterocycles. The first-order chi connectivity index (χ1) is 16.3. The van der Waals surface area contributed by atoms with E-state index in [1.807, 2.05) is 32.0 Å². The number of ether oxygens (including phenoxy) is 1. The zero-order valence-corrected chi connectivity index (χ0v) is 20.5. The summed E-state index contributed by atoms with van der Waals surface area (Å²) in [7, 11) is -3.66. The number of fused-ring (bicyclic) bond motifs is 1. The van der Waals surface area contributed by atoms with Gasteiger partial charge in [-0.05, 0) is 35.6 Å². The molecule has 1 amide bonds. The highest BCUT2D eigenvalue weighted by atomic mass is 32.2. The average Bonchev–Trinajstić information content (AvgIpc) is 3.08. The van der Waals surface area contributed by atoms with E-state index in [4.69, 9.17) is 4.74 Å². The first kappa shape index (κ1) is 24.4. The van der Waals surface area contributed by atoms with Gasteiger partial charge in [0.1, 0.15) is 11.9 Å². The summed E-state index contributed by atoms with van der Waals surface area (Å²) in [4.78, 5) is 20.3. The first-order valence-electron chi connectivity index (χ1n) is 11.7. The predicted molar refractivity (Wildman–Crippen MR) is 131 cm³/mol. The fourth-order valence-corrected chi connectivity index (χ4v) is 5.47. The van der Waals surface area contributed by atoms with E-state index in [2.05, 4.69) is 26.0 Å². The van der Waals surface area contributed by atoms with Crippen LogP contribution < -0.4 is 10.0 Å². The van der Waals surface area contributed by atoms with Crippen molar-refractivity contribution in [3.63, 3.8) is 0 Å². The van der Waals surface area contributed by atoms with Gasteiger partial charge in [0.25, 0.3) is 10.0 Å². The summed E-state index contributed by atoms with van der Waals surface area (Å²) in [6.45, 7) is 8.51. The van der Waals surface area contributed by atoms with Crippen LogP contribution in [0.2, 0.25) is 0 Å². The van der Waals surface area contributed by atoms with Gasteiger partial charge in [-0.15, -0.1) is 0 Å². The summed E-state index contributed by atoms with van der Waals surface area (Å²) in [5, 5.41) is 3.03. The largest absolute Gasteiger partial charge is 0.379 e. The van der Waals surface area contributed by atoms with Crippen LogP contribution in [0.1, 0.15) is 37.0 Å². The smallest absolute Gasteiger partial charge is 0.263 e. The molecule has 4 rings (SSSR count). The fraction of sp³-hybridized carbons (Fsp3) is 0.440. The molecular formula is C25H32N4O4S. The fourth-order valence-electron chi connectivity index (χ4n) is 4.23. The van der Waals surface area contributed by atoms with E-state index in [0.29, 0.717) is 18.5 Å². The standard InChI is InChI=1S/C25H32N4O4S/c1-18(2)15-22(27-24-21-9-5-6-10-23(21)34(31,32)28-24)25(30)26-16-19-7-3-4-8-20(19)17-29-11-13-33-14-12-29/h3-10,18,22H,11-17H2,1-2H3,(H,26,30)(H,27,28). The molecule has 1 fully saturated rings. The Kier molecular flexibility index (Phi) is 7.65. The number of hydrogen-bond acceptors (Lipinski definition) is 6. The highest BCUT2D eigenvalue weighted by molar-refractivity contribution is 7.90. The summed E-state index contributed by atoms with van der Waals surface area (Å²) < 4.78 is 32.8. The molecule has 182 valence electrons. The lowest BCUT2D eigenvalue weighted by Crippen LogP contribution is -2.37. The number of amidine groups is 1. The lowest BCUT2D eigenvalue weighted by atomic mass is 10.0. The summed E-state index contributed by atoms with van der Waals surface area (Å²) in [5.74, 6) is 0.219. The topological polar surface area (TPSA) is 100 Å². The molecular weight excluding hydrogens is 452 g/mol. The van der Waals surface area contributed by atoms with E-state index < -0.39 is 16.1 Å². The molecule has 2 aliphatic rings. The third kappa shape index (κ3) is 5.84. The van der Waals surface area contributed by atoms with Crippen LogP contribution >= 0.6 is 0 Å². The van der Waals surface area contributed by atoms with Crippen LogP contribution in [0.3, 0.4) is 0 Å². The van der Waals surface area contributed by atoms with Crippen molar-refractivity contribution in [2.45, 2.75) is 44.3 Å². The van der Waals surface area contributed by atoms with Crippen molar-refractivity contribution in [2.75, 3.05) is 26.3 Å². The number of carbonyl (C=O) groups excluding carboxylic acids is 1. The second-order valence-electron chi connectivity index (χ2n) is 9.10. The van der Waals surface area contributed by atoms with Gasteiger partial charge in [0.2, 0.25) is 5.91 Å². The maximum atomic E-state index is 13.2. The van der Waals surface area contributed by atoms with Crippen molar-refractivity contribution in [2.24, 2.45) is 10.9 Å². The lowest BCUT2D eigenvalue weighted by Gasteiger charge is -2.27. The van der Waals surface area contributed by atoms with Gasteiger partial charge < -0.3 is 10.1 Å². The van der Waals surface area contributed by atoms with Crippen LogP contribution in [0, 0.1) is 5.92 Å². The van der Waals surface area contributed by atoms with E-state index in [1.54, 1.807) is 24.3 Å². The van der Waals surface area contributed by atoms with Crippen molar-refractivity contribution in [3.05, 3.63) is 65.2 Å². The Bertz CT molecular complexity index is 1160. The molecule has 2 aromatic rings. The van der Waals surface area contributed by atoms with Crippen molar-refractivity contribution in [1.29, 1.82) is 0 Å². The second kappa shape index (κ2) is 10.7. The van der Waals surface area contributed by atoms with E-state index in [1.165, 1.54) is 5.56 Å². The minimum Gasteiger partial charge on any atom is -0.379 e. The van der Waals surface area contributed by atoms with Crippen LogP contribution in [-0.4, -0.2) is 57.4 Å².